The van der Waals surface area contributed by atoms with Crippen LogP contribution in [0.25, 0.3) is 0 Å². The Labute approximate surface area is 120 Å². The van der Waals surface area contributed by atoms with Crippen molar-refractivity contribution in [3.63, 3.8) is 0 Å². The van der Waals surface area contributed by atoms with E-state index in [1.807, 2.05) is 0 Å². The van der Waals surface area contributed by atoms with Gasteiger partial charge in [-0.05, 0) is 31.0 Å². The van der Waals surface area contributed by atoms with Crippen LogP contribution in [-0.4, -0.2) is 17.0 Å². The lowest BCUT2D eigenvalue weighted by Crippen LogP contribution is -2.36. The van der Waals surface area contributed by atoms with Crippen LogP contribution in [0.15, 0.2) is 18.2 Å². The zero-order valence-corrected chi connectivity index (χ0v) is 11.5. The molecule has 1 saturated carbocycles. The lowest BCUT2D eigenvalue weighted by atomic mass is 9.78. The molecule has 4 nitrogen and oxygen atoms in total. The van der Waals surface area contributed by atoms with Crippen molar-refractivity contribution in [1.29, 1.82) is 0 Å². The number of benzene rings is 1. The quantitative estimate of drug-likeness (QED) is 0.900. The Balaban J connectivity index is 2.09. The molecule has 2 atom stereocenters. The summed E-state index contributed by atoms with van der Waals surface area (Å²) in [5.41, 5.74) is 0.284. The van der Waals surface area contributed by atoms with Crippen LogP contribution in [0.5, 0.6) is 0 Å². The largest absolute Gasteiger partial charge is 0.481 e. The number of halogens is 2. The van der Waals surface area contributed by atoms with E-state index in [1.165, 1.54) is 12.1 Å². The van der Waals surface area contributed by atoms with Gasteiger partial charge in [-0.2, -0.15) is 0 Å². The monoisotopic (exact) mass is 299 g/mol. The fourth-order valence-corrected chi connectivity index (χ4v) is 2.67. The Morgan fingerprint density at radius 3 is 2.50 bits per heavy atom. The van der Waals surface area contributed by atoms with Crippen molar-refractivity contribution in [2.45, 2.75) is 25.7 Å². The summed E-state index contributed by atoms with van der Waals surface area (Å²) in [4.78, 5) is 23.3. The normalized spacial score (nSPS) is 22.3. The minimum atomic E-state index is -0.952. The van der Waals surface area contributed by atoms with Crippen molar-refractivity contribution < 1.29 is 19.1 Å². The van der Waals surface area contributed by atoms with Crippen molar-refractivity contribution in [3.05, 3.63) is 29.0 Å². The maximum atomic E-state index is 13.3. The van der Waals surface area contributed by atoms with Crippen LogP contribution in [0.4, 0.5) is 10.1 Å². The number of carbonyl (C=O) groups is 2. The van der Waals surface area contributed by atoms with E-state index in [4.69, 9.17) is 16.7 Å². The first-order chi connectivity index (χ1) is 9.49. The molecule has 0 aromatic heterocycles. The Morgan fingerprint density at radius 1 is 1.25 bits per heavy atom. The lowest BCUT2D eigenvalue weighted by Gasteiger charge is -2.27. The van der Waals surface area contributed by atoms with E-state index in [9.17, 15) is 14.0 Å². The molecule has 1 amide bonds. The number of amides is 1. The molecule has 6 heteroatoms. The van der Waals surface area contributed by atoms with Crippen LogP contribution in [-0.2, 0) is 9.59 Å². The van der Waals surface area contributed by atoms with E-state index in [2.05, 4.69) is 5.32 Å². The number of nitrogens with one attached hydrogen (secondary N) is 1. The molecule has 2 N–H and O–H groups in total. The summed E-state index contributed by atoms with van der Waals surface area (Å²) in [6.45, 7) is 0. The zero-order chi connectivity index (χ0) is 14.7. The van der Waals surface area contributed by atoms with Gasteiger partial charge in [0.05, 0.1) is 16.9 Å². The van der Waals surface area contributed by atoms with Gasteiger partial charge in [-0.1, -0.05) is 24.4 Å². The number of rotatable bonds is 3. The molecule has 0 saturated heterocycles. The Hall–Kier alpha value is -1.62. The molecular formula is C14H15ClFNO3. The highest BCUT2D eigenvalue weighted by Crippen LogP contribution is 2.31. The fraction of sp³-hybridized carbons (Fsp3) is 0.429. The van der Waals surface area contributed by atoms with E-state index in [-0.39, 0.29) is 16.6 Å². The maximum Gasteiger partial charge on any atom is 0.307 e. The number of carbonyl (C=O) groups excluding carboxylic acids is 1. The van der Waals surface area contributed by atoms with Crippen LogP contribution in [0, 0.1) is 17.7 Å². The van der Waals surface area contributed by atoms with Gasteiger partial charge in [0.2, 0.25) is 5.91 Å². The Morgan fingerprint density at radius 2 is 1.90 bits per heavy atom. The van der Waals surface area contributed by atoms with Crippen LogP contribution in [0.3, 0.4) is 0 Å². The van der Waals surface area contributed by atoms with Gasteiger partial charge in [-0.25, -0.2) is 4.39 Å². The topological polar surface area (TPSA) is 66.4 Å². The third-order valence-corrected chi connectivity index (χ3v) is 3.91. The second-order valence-corrected chi connectivity index (χ2v) is 5.36. The molecule has 0 spiro atoms. The standard InChI is InChI=1S/C14H15ClFNO3/c15-11-6-5-8(7-12(11)16)17-13(18)9-3-1-2-4-10(9)14(19)20/h5-7,9-10H,1-4H2,(H,17,18)(H,19,20)/t9-,10+/m1/s1. The highest BCUT2D eigenvalue weighted by Gasteiger charge is 2.35. The summed E-state index contributed by atoms with van der Waals surface area (Å²) in [7, 11) is 0. The summed E-state index contributed by atoms with van der Waals surface area (Å²) in [6, 6.07) is 3.96. The van der Waals surface area contributed by atoms with Crippen molar-refractivity contribution >= 4 is 29.2 Å². The van der Waals surface area contributed by atoms with Crippen molar-refractivity contribution in [3.8, 4) is 0 Å². The van der Waals surface area contributed by atoms with Gasteiger partial charge >= 0.3 is 5.97 Å². The molecule has 1 fully saturated rings. The SMILES string of the molecule is O=C(O)[C@H]1CCCC[C@H]1C(=O)Nc1ccc(Cl)c(F)c1. The number of anilines is 1. The number of hydrogen-bond donors (Lipinski definition) is 2. The molecule has 0 bridgehead atoms. The molecule has 20 heavy (non-hydrogen) atoms. The summed E-state index contributed by atoms with van der Waals surface area (Å²) in [5, 5.41) is 11.7. The predicted molar refractivity (Wildman–Crippen MR) is 73.1 cm³/mol. The molecule has 108 valence electrons. The van der Waals surface area contributed by atoms with Crippen molar-refractivity contribution in [1.82, 2.24) is 0 Å². The minimum absolute atomic E-state index is 0.0240. The van der Waals surface area contributed by atoms with Crippen molar-refractivity contribution in [2.75, 3.05) is 5.32 Å². The van der Waals surface area contributed by atoms with Gasteiger partial charge < -0.3 is 10.4 Å². The number of carboxylic acids is 1. The average Bonchev–Trinajstić information content (AvgIpc) is 2.43. The first-order valence-corrected chi connectivity index (χ1v) is 6.85. The van der Waals surface area contributed by atoms with Crippen LogP contribution >= 0.6 is 11.6 Å². The van der Waals surface area contributed by atoms with Gasteiger partial charge in [0.15, 0.2) is 0 Å². The molecule has 0 heterocycles. The first kappa shape index (κ1) is 14.8. The fourth-order valence-electron chi connectivity index (χ4n) is 2.55. The van der Waals surface area contributed by atoms with Crippen LogP contribution in [0.1, 0.15) is 25.7 Å². The second kappa shape index (κ2) is 6.22. The van der Waals surface area contributed by atoms with Crippen molar-refractivity contribution in [2.24, 2.45) is 11.8 Å². The molecule has 1 aliphatic rings. The first-order valence-electron chi connectivity index (χ1n) is 6.48. The van der Waals surface area contributed by atoms with E-state index >= 15 is 0 Å². The highest BCUT2D eigenvalue weighted by atomic mass is 35.5. The summed E-state index contributed by atoms with van der Waals surface area (Å²) in [5.74, 6) is -3.19. The van der Waals surface area contributed by atoms with Gasteiger partial charge in [0, 0.05) is 5.69 Å². The minimum Gasteiger partial charge on any atom is -0.481 e. The van der Waals surface area contributed by atoms with Crippen LogP contribution < -0.4 is 5.32 Å². The van der Waals surface area contributed by atoms with E-state index in [0.29, 0.717) is 12.8 Å². The molecular weight excluding hydrogens is 285 g/mol. The molecule has 1 aliphatic carbocycles. The van der Waals surface area contributed by atoms with Gasteiger partial charge in [-0.3, -0.25) is 9.59 Å². The Kier molecular flexibility index (Phi) is 4.60. The smallest absolute Gasteiger partial charge is 0.307 e. The molecule has 1 aromatic carbocycles. The zero-order valence-electron chi connectivity index (χ0n) is 10.7. The summed E-state index contributed by atoms with van der Waals surface area (Å²) < 4.78 is 13.3. The van der Waals surface area contributed by atoms with Gasteiger partial charge in [0.1, 0.15) is 5.82 Å². The third-order valence-electron chi connectivity index (χ3n) is 3.61. The molecule has 0 radical (unpaired) electrons. The lowest BCUT2D eigenvalue weighted by molar-refractivity contribution is -0.147. The molecule has 0 unspecified atom stereocenters. The average molecular weight is 300 g/mol. The number of carboxylic acid groups (broad SMARTS) is 1. The number of hydrogen-bond acceptors (Lipinski definition) is 2. The van der Waals surface area contributed by atoms with Crippen LogP contribution in [0.2, 0.25) is 5.02 Å². The van der Waals surface area contributed by atoms with Gasteiger partial charge in [-0.15, -0.1) is 0 Å². The number of aliphatic carboxylic acids is 1. The highest BCUT2D eigenvalue weighted by molar-refractivity contribution is 6.30. The molecule has 2 rings (SSSR count). The van der Waals surface area contributed by atoms with E-state index in [0.717, 1.165) is 18.9 Å². The molecule has 0 aliphatic heterocycles. The van der Waals surface area contributed by atoms with Gasteiger partial charge in [0.25, 0.3) is 0 Å². The Bertz CT molecular complexity index is 535. The van der Waals surface area contributed by atoms with E-state index in [1.54, 1.807) is 0 Å². The summed E-state index contributed by atoms with van der Waals surface area (Å²) >= 11 is 5.57. The summed E-state index contributed by atoms with van der Waals surface area (Å²) in [6.07, 6.45) is 2.69. The maximum absolute atomic E-state index is 13.3. The molecule has 1 aromatic rings. The second-order valence-electron chi connectivity index (χ2n) is 4.95. The predicted octanol–water partition coefficient (Wildman–Crippen LogP) is 3.31. The third kappa shape index (κ3) is 3.28. The van der Waals surface area contributed by atoms with E-state index < -0.39 is 23.6 Å².